The number of piperazine rings is 1. The molecule has 3 aliphatic rings. The molecule has 2 fully saturated rings. The van der Waals surface area contributed by atoms with E-state index in [4.69, 9.17) is 9.72 Å². The molecule has 2 aliphatic heterocycles. The lowest BCUT2D eigenvalue weighted by molar-refractivity contribution is -0.0407. The summed E-state index contributed by atoms with van der Waals surface area (Å²) in [6.45, 7) is 12.8. The van der Waals surface area contributed by atoms with E-state index < -0.39 is 0 Å². The number of nitrogens with zero attached hydrogens (tertiary/aromatic N) is 6. The third-order valence-electron chi connectivity index (χ3n) is 8.37. The number of rotatable bonds is 4. The Balaban J connectivity index is 1.36. The van der Waals surface area contributed by atoms with Crippen LogP contribution in [0.1, 0.15) is 85.0 Å². The molecule has 1 saturated heterocycles. The molecule has 5 heterocycles. The number of carbonyl (C=O) groups excluding carboxylic acids is 1. The van der Waals surface area contributed by atoms with E-state index in [1.54, 1.807) is 0 Å². The van der Waals surface area contributed by atoms with Crippen LogP contribution < -0.4 is 4.90 Å². The van der Waals surface area contributed by atoms with Crippen molar-refractivity contribution in [2.24, 2.45) is 5.92 Å². The van der Waals surface area contributed by atoms with Crippen LogP contribution in [0.4, 0.5) is 5.82 Å². The molecular weight excluding hydrogens is 476 g/mol. The van der Waals surface area contributed by atoms with Crippen molar-refractivity contribution in [3.8, 4) is 6.07 Å². The van der Waals surface area contributed by atoms with Crippen LogP contribution in [0, 0.1) is 24.2 Å². The Hall–Kier alpha value is -3.44. The van der Waals surface area contributed by atoms with Gasteiger partial charge in [-0.2, -0.15) is 5.26 Å². The van der Waals surface area contributed by atoms with Gasteiger partial charge in [-0.25, -0.2) is 9.97 Å². The molecule has 1 amide bonds. The maximum absolute atomic E-state index is 14.0. The number of aromatic nitrogens is 3. The average Bonchev–Trinajstić information content (AvgIpc) is 3.68. The summed E-state index contributed by atoms with van der Waals surface area (Å²) < 4.78 is 8.04. The minimum atomic E-state index is -0.310. The molecule has 0 spiro atoms. The van der Waals surface area contributed by atoms with Gasteiger partial charge in [-0.3, -0.25) is 9.20 Å². The zero-order chi connectivity index (χ0) is 26.8. The zero-order valence-electron chi connectivity index (χ0n) is 23.0. The summed E-state index contributed by atoms with van der Waals surface area (Å²) in [6, 6.07) is 8.30. The Morgan fingerprint density at radius 3 is 2.68 bits per heavy atom. The van der Waals surface area contributed by atoms with E-state index >= 15 is 0 Å². The fourth-order valence-corrected chi connectivity index (χ4v) is 6.15. The summed E-state index contributed by atoms with van der Waals surface area (Å²) in [4.78, 5) is 28.0. The molecule has 0 N–H and O–H groups in total. The lowest BCUT2D eigenvalue weighted by Gasteiger charge is -2.44. The molecule has 6 rings (SSSR count). The van der Waals surface area contributed by atoms with Gasteiger partial charge in [0.1, 0.15) is 23.2 Å². The Kier molecular flexibility index (Phi) is 5.95. The van der Waals surface area contributed by atoms with Gasteiger partial charge in [0.2, 0.25) is 0 Å². The molecule has 3 aromatic rings. The summed E-state index contributed by atoms with van der Waals surface area (Å²) in [5.74, 6) is 1.49. The fourth-order valence-electron chi connectivity index (χ4n) is 6.15. The van der Waals surface area contributed by atoms with E-state index in [1.165, 1.54) is 0 Å². The largest absolute Gasteiger partial charge is 0.370 e. The van der Waals surface area contributed by atoms with Crippen molar-refractivity contribution in [3.05, 3.63) is 58.2 Å². The van der Waals surface area contributed by atoms with Crippen molar-refractivity contribution in [2.45, 2.75) is 78.0 Å². The number of hydrogen-bond acceptors (Lipinski definition) is 6. The molecule has 1 unspecified atom stereocenters. The molecule has 0 aromatic carbocycles. The first-order valence-corrected chi connectivity index (χ1v) is 13.8. The molecule has 8 heteroatoms. The zero-order valence-corrected chi connectivity index (χ0v) is 23.0. The van der Waals surface area contributed by atoms with Crippen molar-refractivity contribution in [2.75, 3.05) is 24.5 Å². The fraction of sp³-hybridized carbons (Fsp3) is 0.533. The van der Waals surface area contributed by atoms with Crippen molar-refractivity contribution in [1.29, 1.82) is 5.26 Å². The Morgan fingerprint density at radius 1 is 1.18 bits per heavy atom. The minimum Gasteiger partial charge on any atom is -0.370 e. The van der Waals surface area contributed by atoms with E-state index in [0.29, 0.717) is 49.8 Å². The first-order chi connectivity index (χ1) is 18.2. The van der Waals surface area contributed by atoms with Crippen LogP contribution in [0.2, 0.25) is 0 Å². The van der Waals surface area contributed by atoms with E-state index in [0.717, 1.165) is 46.8 Å². The second-order valence-corrected chi connectivity index (χ2v) is 12.0. The number of nitriles is 1. The smallest absolute Gasteiger partial charge is 0.273 e. The van der Waals surface area contributed by atoms with E-state index in [2.05, 4.69) is 43.6 Å². The highest BCUT2D eigenvalue weighted by Gasteiger charge is 2.40. The summed E-state index contributed by atoms with van der Waals surface area (Å²) in [7, 11) is 0. The maximum atomic E-state index is 14.0. The third-order valence-corrected chi connectivity index (χ3v) is 8.37. The number of carbonyl (C=O) groups is 1. The van der Waals surface area contributed by atoms with Gasteiger partial charge in [0.25, 0.3) is 5.91 Å². The highest BCUT2D eigenvalue weighted by atomic mass is 16.5. The molecule has 0 radical (unpaired) electrons. The summed E-state index contributed by atoms with van der Waals surface area (Å²) >= 11 is 0. The number of amides is 1. The topological polar surface area (TPSA) is 86.8 Å². The van der Waals surface area contributed by atoms with Crippen LogP contribution >= 0.6 is 0 Å². The van der Waals surface area contributed by atoms with Crippen LogP contribution in [-0.2, 0) is 17.8 Å². The Labute approximate surface area is 224 Å². The number of fused-ring (bicyclic) bond motifs is 2. The highest BCUT2D eigenvalue weighted by Crippen LogP contribution is 2.46. The molecule has 8 nitrogen and oxygen atoms in total. The predicted octanol–water partition coefficient (Wildman–Crippen LogP) is 4.63. The molecule has 198 valence electrons. The van der Waals surface area contributed by atoms with Gasteiger partial charge in [-0.05, 0) is 57.2 Å². The number of pyridine rings is 2. The van der Waals surface area contributed by atoms with Gasteiger partial charge < -0.3 is 14.5 Å². The second-order valence-electron chi connectivity index (χ2n) is 12.0. The normalized spacial score (nSPS) is 21.0. The third kappa shape index (κ3) is 4.14. The van der Waals surface area contributed by atoms with Crippen molar-refractivity contribution in [3.63, 3.8) is 0 Å². The SMILES string of the molecule is Cc1nc2ccccn2c1C(=O)N1CCN(c2nc(C3CC3)c3c(c2C#N)CC(C)(C)OC3)CC1C(C)C. The predicted molar refractivity (Wildman–Crippen MR) is 145 cm³/mol. The Morgan fingerprint density at radius 2 is 1.97 bits per heavy atom. The Bertz CT molecular complexity index is 1460. The number of aryl methyl sites for hydroxylation is 1. The van der Waals surface area contributed by atoms with Crippen LogP contribution in [-0.4, -0.2) is 56.5 Å². The van der Waals surface area contributed by atoms with Gasteiger partial charge in [0, 0.05) is 43.7 Å². The number of hydrogen-bond donors (Lipinski definition) is 0. The summed E-state index contributed by atoms with van der Waals surface area (Å²) in [6.07, 6.45) is 4.90. The van der Waals surface area contributed by atoms with E-state index in [9.17, 15) is 10.1 Å². The molecule has 3 aromatic heterocycles. The van der Waals surface area contributed by atoms with Crippen LogP contribution in [0.15, 0.2) is 24.4 Å². The van der Waals surface area contributed by atoms with Crippen molar-refractivity contribution >= 4 is 17.4 Å². The standard InChI is InChI=1S/C30H36N6O2/c1-18(2)24-16-34(12-13-35(24)29(37)27-19(3)32-25-8-6-7-11-36(25)27)28-22(15-31)21-14-30(4,5)38-17-23(21)26(33-28)20-9-10-20/h6-8,11,18,20,24H,9-10,12-14,16-17H2,1-5H3. The molecule has 0 bridgehead atoms. The average molecular weight is 513 g/mol. The lowest BCUT2D eigenvalue weighted by Crippen LogP contribution is -2.58. The summed E-state index contributed by atoms with van der Waals surface area (Å²) in [5, 5.41) is 10.4. The highest BCUT2D eigenvalue weighted by molar-refractivity contribution is 5.95. The summed E-state index contributed by atoms with van der Waals surface area (Å²) in [5.41, 5.74) is 5.88. The van der Waals surface area contributed by atoms with Crippen molar-refractivity contribution < 1.29 is 9.53 Å². The van der Waals surface area contributed by atoms with Crippen LogP contribution in [0.5, 0.6) is 0 Å². The number of imidazole rings is 1. The first kappa shape index (κ1) is 24.9. The lowest BCUT2D eigenvalue weighted by atomic mass is 9.87. The van der Waals surface area contributed by atoms with Crippen molar-refractivity contribution in [1.82, 2.24) is 19.3 Å². The molecule has 1 aliphatic carbocycles. The molecule has 1 saturated carbocycles. The van der Waals surface area contributed by atoms with E-state index in [-0.39, 0.29) is 23.5 Å². The van der Waals surface area contributed by atoms with Gasteiger partial charge in [-0.1, -0.05) is 19.9 Å². The molecule has 38 heavy (non-hydrogen) atoms. The van der Waals surface area contributed by atoms with Gasteiger partial charge in [0.05, 0.1) is 35.2 Å². The molecule has 1 atom stereocenters. The van der Waals surface area contributed by atoms with Gasteiger partial charge in [0.15, 0.2) is 0 Å². The maximum Gasteiger partial charge on any atom is 0.273 e. The number of anilines is 1. The van der Waals surface area contributed by atoms with E-state index in [1.807, 2.05) is 40.6 Å². The minimum absolute atomic E-state index is 0.0102. The van der Waals surface area contributed by atoms with Crippen LogP contribution in [0.3, 0.4) is 0 Å². The van der Waals surface area contributed by atoms with Gasteiger partial charge in [-0.15, -0.1) is 0 Å². The number of ether oxygens (including phenoxy) is 1. The molecular formula is C30H36N6O2. The van der Waals surface area contributed by atoms with Gasteiger partial charge >= 0.3 is 0 Å². The monoisotopic (exact) mass is 512 g/mol. The second kappa shape index (κ2) is 9.09. The van der Waals surface area contributed by atoms with Crippen LogP contribution in [0.25, 0.3) is 5.65 Å². The first-order valence-electron chi connectivity index (χ1n) is 13.8. The quantitative estimate of drug-likeness (QED) is 0.507.